The fourth-order valence-electron chi connectivity index (χ4n) is 1.92. The SMILES string of the molecule is CCc1ccc(Br)c(CC)c1N(CBr)C(C)=O. The van der Waals surface area contributed by atoms with E-state index in [0.717, 1.165) is 23.0 Å². The molecule has 0 radical (unpaired) electrons. The van der Waals surface area contributed by atoms with Gasteiger partial charge in [0.05, 0.1) is 11.1 Å². The number of halogens is 2. The number of hydrogen-bond acceptors (Lipinski definition) is 1. The number of aryl methyl sites for hydroxylation is 1. The number of rotatable bonds is 4. The van der Waals surface area contributed by atoms with Crippen molar-refractivity contribution in [2.24, 2.45) is 0 Å². The van der Waals surface area contributed by atoms with Gasteiger partial charge in [0, 0.05) is 11.4 Å². The van der Waals surface area contributed by atoms with Crippen molar-refractivity contribution in [1.29, 1.82) is 0 Å². The van der Waals surface area contributed by atoms with Crippen LogP contribution in [0.3, 0.4) is 0 Å². The van der Waals surface area contributed by atoms with E-state index in [4.69, 9.17) is 0 Å². The van der Waals surface area contributed by atoms with Gasteiger partial charge in [-0.25, -0.2) is 0 Å². The second-order valence-corrected chi connectivity index (χ2v) is 5.16. The Kier molecular flexibility index (Phi) is 5.67. The van der Waals surface area contributed by atoms with Crippen molar-refractivity contribution < 1.29 is 4.79 Å². The molecule has 1 rings (SSSR count). The van der Waals surface area contributed by atoms with E-state index in [9.17, 15) is 4.79 Å². The van der Waals surface area contributed by atoms with Crippen LogP contribution >= 0.6 is 31.9 Å². The summed E-state index contributed by atoms with van der Waals surface area (Å²) in [6, 6.07) is 4.14. The van der Waals surface area contributed by atoms with Crippen molar-refractivity contribution in [2.75, 3.05) is 10.4 Å². The van der Waals surface area contributed by atoms with Gasteiger partial charge in [-0.2, -0.15) is 0 Å². The van der Waals surface area contributed by atoms with E-state index in [1.165, 1.54) is 11.1 Å². The number of anilines is 1. The first-order chi connectivity index (χ1) is 8.06. The van der Waals surface area contributed by atoms with Crippen LogP contribution in [0.25, 0.3) is 0 Å². The fourth-order valence-corrected chi connectivity index (χ4v) is 3.12. The van der Waals surface area contributed by atoms with Gasteiger partial charge in [-0.15, -0.1) is 0 Å². The van der Waals surface area contributed by atoms with Crippen molar-refractivity contribution in [3.63, 3.8) is 0 Å². The van der Waals surface area contributed by atoms with Gasteiger partial charge < -0.3 is 4.90 Å². The van der Waals surface area contributed by atoms with Gasteiger partial charge in [0.25, 0.3) is 0 Å². The summed E-state index contributed by atoms with van der Waals surface area (Å²) in [6.45, 7) is 5.81. The quantitative estimate of drug-likeness (QED) is 0.578. The van der Waals surface area contributed by atoms with E-state index in [2.05, 4.69) is 57.8 Å². The third-order valence-corrected chi connectivity index (χ3v) is 4.06. The molecule has 0 heterocycles. The lowest BCUT2D eigenvalue weighted by Crippen LogP contribution is -2.28. The van der Waals surface area contributed by atoms with E-state index in [1.807, 2.05) is 0 Å². The summed E-state index contributed by atoms with van der Waals surface area (Å²) >= 11 is 6.96. The molecule has 0 atom stereocenters. The molecule has 0 spiro atoms. The van der Waals surface area contributed by atoms with Crippen molar-refractivity contribution in [1.82, 2.24) is 0 Å². The van der Waals surface area contributed by atoms with Crippen LogP contribution in [0.15, 0.2) is 16.6 Å². The van der Waals surface area contributed by atoms with Crippen LogP contribution in [0.4, 0.5) is 5.69 Å². The van der Waals surface area contributed by atoms with Crippen LogP contribution < -0.4 is 4.90 Å². The maximum atomic E-state index is 11.7. The molecule has 94 valence electrons. The standard InChI is InChI=1S/C13H17Br2NO/c1-4-10-6-7-12(15)11(5-2)13(10)16(8-14)9(3)17/h6-7H,4-5,8H2,1-3H3. The molecule has 17 heavy (non-hydrogen) atoms. The summed E-state index contributed by atoms with van der Waals surface area (Å²) in [4.78, 5) is 13.5. The number of carbonyl (C=O) groups excluding carboxylic acids is 1. The molecule has 0 aliphatic heterocycles. The summed E-state index contributed by atoms with van der Waals surface area (Å²) in [5.74, 6) is 0.0596. The predicted molar refractivity (Wildman–Crippen MR) is 79.9 cm³/mol. The monoisotopic (exact) mass is 361 g/mol. The summed E-state index contributed by atoms with van der Waals surface area (Å²) in [5, 5.41) is 0. The van der Waals surface area contributed by atoms with Crippen LogP contribution in [0.2, 0.25) is 0 Å². The second kappa shape index (κ2) is 6.55. The molecule has 1 aromatic rings. The minimum absolute atomic E-state index is 0.0596. The normalized spacial score (nSPS) is 10.4. The van der Waals surface area contributed by atoms with Crippen LogP contribution in [0, 0.1) is 0 Å². The number of nitrogens with zero attached hydrogens (tertiary/aromatic N) is 1. The second-order valence-electron chi connectivity index (χ2n) is 3.81. The molecule has 0 bridgehead atoms. The molecule has 1 amide bonds. The zero-order chi connectivity index (χ0) is 13.0. The van der Waals surface area contributed by atoms with E-state index >= 15 is 0 Å². The Bertz CT molecular complexity index is 418. The highest BCUT2D eigenvalue weighted by molar-refractivity contribution is 9.10. The summed E-state index contributed by atoms with van der Waals surface area (Å²) in [7, 11) is 0. The first kappa shape index (κ1) is 14.7. The average Bonchev–Trinajstić information content (AvgIpc) is 2.30. The lowest BCUT2D eigenvalue weighted by atomic mass is 10.0. The largest absolute Gasteiger partial charge is 0.302 e. The van der Waals surface area contributed by atoms with Gasteiger partial charge in [-0.3, -0.25) is 4.79 Å². The zero-order valence-corrected chi connectivity index (χ0v) is 13.6. The lowest BCUT2D eigenvalue weighted by molar-refractivity contribution is -0.116. The fraction of sp³-hybridized carbons (Fsp3) is 0.462. The molecule has 0 aromatic heterocycles. The Labute approximate surface area is 120 Å². The molecule has 4 heteroatoms. The molecule has 0 unspecified atom stereocenters. The summed E-state index contributed by atoms with van der Waals surface area (Å²) < 4.78 is 1.07. The van der Waals surface area contributed by atoms with Crippen molar-refractivity contribution in [3.05, 3.63) is 27.7 Å². The van der Waals surface area contributed by atoms with Crippen molar-refractivity contribution in [3.8, 4) is 0 Å². The molecule has 0 aliphatic rings. The molecule has 0 fully saturated rings. The number of hydrogen-bond donors (Lipinski definition) is 0. The molecular weight excluding hydrogens is 346 g/mol. The zero-order valence-electron chi connectivity index (χ0n) is 10.4. The minimum Gasteiger partial charge on any atom is -0.302 e. The smallest absolute Gasteiger partial charge is 0.224 e. The van der Waals surface area contributed by atoms with Gasteiger partial charge in [0.15, 0.2) is 0 Å². The Balaban J connectivity index is 3.45. The molecule has 2 nitrogen and oxygen atoms in total. The number of carbonyl (C=O) groups is 1. The summed E-state index contributed by atoms with van der Waals surface area (Å²) in [6.07, 6.45) is 1.83. The van der Waals surface area contributed by atoms with Crippen molar-refractivity contribution in [2.45, 2.75) is 33.6 Å². The third kappa shape index (κ3) is 3.10. The average molecular weight is 363 g/mol. The van der Waals surface area contributed by atoms with Crippen molar-refractivity contribution >= 4 is 43.5 Å². The number of amides is 1. The van der Waals surface area contributed by atoms with Gasteiger partial charge in [-0.05, 0) is 30.0 Å². The maximum Gasteiger partial charge on any atom is 0.224 e. The number of benzene rings is 1. The maximum absolute atomic E-state index is 11.7. The van der Waals surface area contributed by atoms with Crippen LogP contribution in [0.5, 0.6) is 0 Å². The Morgan fingerprint density at radius 1 is 1.29 bits per heavy atom. The molecule has 0 saturated carbocycles. The molecule has 0 N–H and O–H groups in total. The highest BCUT2D eigenvalue weighted by Crippen LogP contribution is 2.33. The first-order valence-electron chi connectivity index (χ1n) is 5.71. The van der Waals surface area contributed by atoms with Crippen LogP contribution in [0.1, 0.15) is 31.9 Å². The highest BCUT2D eigenvalue weighted by atomic mass is 79.9. The van der Waals surface area contributed by atoms with Gasteiger partial charge in [-0.1, -0.05) is 51.8 Å². The molecular formula is C13H17Br2NO. The Morgan fingerprint density at radius 2 is 1.94 bits per heavy atom. The Morgan fingerprint density at radius 3 is 2.35 bits per heavy atom. The van der Waals surface area contributed by atoms with Crippen LogP contribution in [-0.4, -0.2) is 11.4 Å². The molecule has 0 saturated heterocycles. The molecule has 0 aliphatic carbocycles. The van der Waals surface area contributed by atoms with E-state index in [1.54, 1.807) is 11.8 Å². The lowest BCUT2D eigenvalue weighted by Gasteiger charge is -2.25. The van der Waals surface area contributed by atoms with E-state index in [0.29, 0.717) is 5.45 Å². The first-order valence-corrected chi connectivity index (χ1v) is 7.62. The van der Waals surface area contributed by atoms with Gasteiger partial charge in [0.1, 0.15) is 0 Å². The van der Waals surface area contributed by atoms with Crippen LogP contribution in [-0.2, 0) is 17.6 Å². The van der Waals surface area contributed by atoms with Gasteiger partial charge >= 0.3 is 0 Å². The van der Waals surface area contributed by atoms with E-state index in [-0.39, 0.29) is 5.91 Å². The predicted octanol–water partition coefficient (Wildman–Crippen LogP) is 4.28. The topological polar surface area (TPSA) is 20.3 Å². The van der Waals surface area contributed by atoms with E-state index < -0.39 is 0 Å². The third-order valence-electron chi connectivity index (χ3n) is 2.81. The summed E-state index contributed by atoms with van der Waals surface area (Å²) in [5.41, 5.74) is 3.98. The number of alkyl halides is 1. The minimum atomic E-state index is 0.0596. The Hall–Kier alpha value is -0.350. The molecule has 1 aromatic carbocycles. The van der Waals surface area contributed by atoms with Gasteiger partial charge in [0.2, 0.25) is 5.91 Å². The highest BCUT2D eigenvalue weighted by Gasteiger charge is 2.18.